The number of benzene rings is 1. The average molecular weight is 453 g/mol. The SMILES string of the molecule is CC(C)CC1(C(=O)O)CC(C(=O)O)C(c2ccoc2)N1C(=O)c1ccc(C(F)(F)F)cc1. The number of alkyl halides is 3. The minimum absolute atomic E-state index is 0.0349. The van der Waals surface area contributed by atoms with Crippen molar-refractivity contribution >= 4 is 17.8 Å². The second-order valence-electron chi connectivity index (χ2n) is 8.34. The largest absolute Gasteiger partial charge is 0.481 e. The van der Waals surface area contributed by atoms with Crippen LogP contribution in [0.1, 0.15) is 54.2 Å². The molecular weight excluding hydrogens is 431 g/mol. The van der Waals surface area contributed by atoms with Crippen LogP contribution >= 0.6 is 0 Å². The zero-order chi connectivity index (χ0) is 23.8. The van der Waals surface area contributed by atoms with Gasteiger partial charge in [0.2, 0.25) is 0 Å². The van der Waals surface area contributed by atoms with Gasteiger partial charge in [-0.1, -0.05) is 13.8 Å². The van der Waals surface area contributed by atoms with Crippen molar-refractivity contribution in [3.63, 3.8) is 0 Å². The molecule has 1 amide bonds. The van der Waals surface area contributed by atoms with Gasteiger partial charge >= 0.3 is 18.1 Å². The molecule has 2 heterocycles. The van der Waals surface area contributed by atoms with E-state index >= 15 is 0 Å². The molecule has 1 aliphatic rings. The highest BCUT2D eigenvalue weighted by molar-refractivity contribution is 5.99. The molecule has 3 unspecified atom stereocenters. The Balaban J connectivity index is 2.17. The van der Waals surface area contributed by atoms with E-state index in [1.807, 2.05) is 0 Å². The zero-order valence-corrected chi connectivity index (χ0v) is 17.3. The van der Waals surface area contributed by atoms with Crippen molar-refractivity contribution in [1.82, 2.24) is 4.90 Å². The number of rotatable bonds is 6. The van der Waals surface area contributed by atoms with E-state index in [1.165, 1.54) is 18.6 Å². The number of furan rings is 1. The lowest BCUT2D eigenvalue weighted by atomic mass is 9.83. The van der Waals surface area contributed by atoms with Gasteiger partial charge in [-0.15, -0.1) is 0 Å². The predicted molar refractivity (Wildman–Crippen MR) is 105 cm³/mol. The Labute approximate surface area is 181 Å². The number of carboxylic acid groups (broad SMARTS) is 2. The van der Waals surface area contributed by atoms with Crippen LogP contribution in [0.3, 0.4) is 0 Å². The average Bonchev–Trinajstić information content (AvgIpc) is 3.33. The van der Waals surface area contributed by atoms with Crippen molar-refractivity contribution in [3.05, 3.63) is 59.5 Å². The Bertz CT molecular complexity index is 1000. The first-order valence-corrected chi connectivity index (χ1v) is 9.87. The maximum atomic E-state index is 13.5. The number of amides is 1. The van der Waals surface area contributed by atoms with Crippen LogP contribution in [-0.4, -0.2) is 38.5 Å². The Morgan fingerprint density at radius 3 is 2.22 bits per heavy atom. The molecule has 172 valence electrons. The molecule has 2 aromatic rings. The van der Waals surface area contributed by atoms with Crippen molar-refractivity contribution in [2.24, 2.45) is 11.8 Å². The lowest BCUT2D eigenvalue weighted by Gasteiger charge is -2.39. The van der Waals surface area contributed by atoms with Crippen LogP contribution < -0.4 is 0 Å². The van der Waals surface area contributed by atoms with Crippen LogP contribution in [0, 0.1) is 11.8 Å². The molecule has 1 fully saturated rings. The monoisotopic (exact) mass is 453 g/mol. The molecule has 3 atom stereocenters. The van der Waals surface area contributed by atoms with Gasteiger partial charge in [-0.05, 0) is 49.1 Å². The summed E-state index contributed by atoms with van der Waals surface area (Å²) in [6.45, 7) is 3.48. The Morgan fingerprint density at radius 1 is 1.16 bits per heavy atom. The Kier molecular flexibility index (Phi) is 6.08. The van der Waals surface area contributed by atoms with Gasteiger partial charge in [-0.2, -0.15) is 13.2 Å². The zero-order valence-electron chi connectivity index (χ0n) is 17.3. The topological polar surface area (TPSA) is 108 Å². The summed E-state index contributed by atoms with van der Waals surface area (Å²) in [4.78, 5) is 39.1. The number of hydrogen-bond acceptors (Lipinski definition) is 4. The third-order valence-electron chi connectivity index (χ3n) is 5.70. The summed E-state index contributed by atoms with van der Waals surface area (Å²) in [5.41, 5.74) is -2.70. The fourth-order valence-corrected chi connectivity index (χ4v) is 4.46. The molecular formula is C22H22F3NO6. The number of nitrogens with zero attached hydrogens (tertiary/aromatic N) is 1. The minimum atomic E-state index is -4.61. The summed E-state index contributed by atoms with van der Waals surface area (Å²) in [6, 6.07) is 3.67. The summed E-state index contributed by atoms with van der Waals surface area (Å²) >= 11 is 0. The third kappa shape index (κ3) is 4.09. The van der Waals surface area contributed by atoms with Crippen molar-refractivity contribution in [1.29, 1.82) is 0 Å². The van der Waals surface area contributed by atoms with Gasteiger partial charge in [0.15, 0.2) is 0 Å². The molecule has 0 spiro atoms. The lowest BCUT2D eigenvalue weighted by Crippen LogP contribution is -2.54. The Hall–Kier alpha value is -3.30. The summed E-state index contributed by atoms with van der Waals surface area (Å²) in [5.74, 6) is -4.99. The van der Waals surface area contributed by atoms with Gasteiger partial charge in [-0.3, -0.25) is 9.59 Å². The van der Waals surface area contributed by atoms with Crippen LogP contribution in [0.5, 0.6) is 0 Å². The van der Waals surface area contributed by atoms with Gasteiger partial charge < -0.3 is 19.5 Å². The van der Waals surface area contributed by atoms with Gasteiger partial charge in [-0.25, -0.2) is 4.79 Å². The summed E-state index contributed by atoms with van der Waals surface area (Å²) in [5, 5.41) is 20.0. The van der Waals surface area contributed by atoms with Gasteiger partial charge in [0.05, 0.1) is 30.0 Å². The predicted octanol–water partition coefficient (Wildman–Crippen LogP) is 4.46. The van der Waals surface area contributed by atoms with E-state index < -0.39 is 47.1 Å². The quantitative estimate of drug-likeness (QED) is 0.669. The van der Waals surface area contributed by atoms with Crippen LogP contribution in [0.15, 0.2) is 47.3 Å². The second kappa shape index (κ2) is 8.33. The van der Waals surface area contributed by atoms with E-state index in [-0.39, 0.29) is 24.3 Å². The van der Waals surface area contributed by atoms with Crippen LogP contribution in [0.4, 0.5) is 13.2 Å². The number of carboxylic acids is 2. The molecule has 10 heteroatoms. The first-order valence-electron chi connectivity index (χ1n) is 9.87. The minimum Gasteiger partial charge on any atom is -0.481 e. The van der Waals surface area contributed by atoms with E-state index in [2.05, 4.69) is 0 Å². The van der Waals surface area contributed by atoms with Crippen molar-refractivity contribution in [2.75, 3.05) is 0 Å². The molecule has 0 bridgehead atoms. The molecule has 0 saturated carbocycles. The van der Waals surface area contributed by atoms with E-state index in [4.69, 9.17) is 4.42 Å². The first-order chi connectivity index (χ1) is 14.9. The second-order valence-corrected chi connectivity index (χ2v) is 8.34. The number of likely N-dealkylation sites (tertiary alicyclic amines) is 1. The summed E-state index contributed by atoms with van der Waals surface area (Å²) < 4.78 is 43.8. The maximum Gasteiger partial charge on any atom is 0.416 e. The van der Waals surface area contributed by atoms with E-state index in [0.29, 0.717) is 5.56 Å². The van der Waals surface area contributed by atoms with E-state index in [1.54, 1.807) is 13.8 Å². The van der Waals surface area contributed by atoms with Gasteiger partial charge in [0.25, 0.3) is 5.91 Å². The van der Waals surface area contributed by atoms with Crippen LogP contribution in [0.25, 0.3) is 0 Å². The molecule has 1 aliphatic heterocycles. The molecule has 7 nitrogen and oxygen atoms in total. The van der Waals surface area contributed by atoms with E-state index in [9.17, 15) is 37.8 Å². The van der Waals surface area contributed by atoms with E-state index in [0.717, 1.165) is 29.2 Å². The molecule has 1 saturated heterocycles. The summed E-state index contributed by atoms with van der Waals surface area (Å²) in [7, 11) is 0. The standard InChI is InChI=1S/C22H22F3NO6/c1-12(2)9-21(20(30)31)10-16(19(28)29)17(14-7-8-32-11-14)26(21)18(27)13-3-5-15(6-4-13)22(23,24)25/h3-8,11-12,16-17H,9-10H2,1-2H3,(H,28,29)(H,30,31). The van der Waals surface area contributed by atoms with Gasteiger partial charge in [0.1, 0.15) is 5.54 Å². The number of halogens is 3. The first kappa shape index (κ1) is 23.4. The number of aliphatic carboxylic acids is 2. The molecule has 3 rings (SSSR count). The molecule has 1 aromatic carbocycles. The van der Waals surface area contributed by atoms with Crippen molar-refractivity contribution < 1.29 is 42.2 Å². The highest BCUT2D eigenvalue weighted by atomic mass is 19.4. The fraction of sp³-hybridized carbons (Fsp3) is 0.409. The number of carbonyl (C=O) groups excluding carboxylic acids is 1. The molecule has 0 radical (unpaired) electrons. The highest BCUT2D eigenvalue weighted by Gasteiger charge is 2.61. The number of hydrogen-bond donors (Lipinski definition) is 2. The fourth-order valence-electron chi connectivity index (χ4n) is 4.46. The van der Waals surface area contributed by atoms with Gasteiger partial charge in [0, 0.05) is 11.1 Å². The molecule has 32 heavy (non-hydrogen) atoms. The molecule has 0 aliphatic carbocycles. The smallest absolute Gasteiger partial charge is 0.416 e. The highest BCUT2D eigenvalue weighted by Crippen LogP contribution is 2.50. The molecule has 1 aromatic heterocycles. The van der Waals surface area contributed by atoms with Crippen LogP contribution in [-0.2, 0) is 15.8 Å². The van der Waals surface area contributed by atoms with Crippen molar-refractivity contribution in [2.45, 2.75) is 44.4 Å². The maximum absolute atomic E-state index is 13.5. The normalized spacial score (nSPS) is 23.5. The Morgan fingerprint density at radius 2 is 1.78 bits per heavy atom. The number of carbonyl (C=O) groups is 3. The van der Waals surface area contributed by atoms with Crippen molar-refractivity contribution in [3.8, 4) is 0 Å². The lowest BCUT2D eigenvalue weighted by molar-refractivity contribution is -0.150. The third-order valence-corrected chi connectivity index (χ3v) is 5.70. The summed E-state index contributed by atoms with van der Waals surface area (Å²) in [6.07, 6.45) is -2.48. The van der Waals surface area contributed by atoms with Crippen LogP contribution in [0.2, 0.25) is 0 Å². The molecule has 2 N–H and O–H groups in total.